The number of carbonyl (C=O) groups is 1. The summed E-state index contributed by atoms with van der Waals surface area (Å²) in [7, 11) is 0. The van der Waals surface area contributed by atoms with Crippen molar-refractivity contribution < 1.29 is 9.90 Å². The van der Waals surface area contributed by atoms with E-state index in [1.807, 2.05) is 18.6 Å². The first kappa shape index (κ1) is 15.0. The van der Waals surface area contributed by atoms with E-state index in [1.54, 1.807) is 0 Å². The molecule has 6 rings (SSSR count). The normalized spacial score (nSPS) is 57.1. The fraction of sp³-hybridized carbons (Fsp3) is 0.750. The van der Waals surface area contributed by atoms with Crippen molar-refractivity contribution in [2.24, 2.45) is 50.4 Å². The van der Waals surface area contributed by atoms with Crippen LogP contribution in [-0.4, -0.2) is 36.0 Å². The maximum Gasteiger partial charge on any atom is 0.134 e. The average molecular weight is 326 g/mol. The van der Waals surface area contributed by atoms with E-state index >= 15 is 0 Å². The molecule has 4 nitrogen and oxygen atoms in total. The molecule has 4 heteroatoms. The molecule has 3 aliphatic carbocycles. The molecule has 128 valence electrons. The van der Waals surface area contributed by atoms with Crippen molar-refractivity contribution in [2.75, 3.05) is 0 Å². The van der Waals surface area contributed by atoms with Crippen LogP contribution in [0.3, 0.4) is 0 Å². The van der Waals surface area contributed by atoms with Crippen LogP contribution in [0.4, 0.5) is 0 Å². The van der Waals surface area contributed by atoms with E-state index in [0.717, 1.165) is 32.0 Å². The second-order valence-electron chi connectivity index (χ2n) is 8.92. The van der Waals surface area contributed by atoms with Gasteiger partial charge in [-0.25, -0.2) is 0 Å². The van der Waals surface area contributed by atoms with Gasteiger partial charge in [-0.15, -0.1) is 0 Å². The Bertz CT molecular complexity index is 683. The molecule has 1 N–H and O–H groups in total. The van der Waals surface area contributed by atoms with Gasteiger partial charge in [0.2, 0.25) is 0 Å². The molecule has 2 bridgehead atoms. The lowest BCUT2D eigenvalue weighted by Crippen LogP contribution is -2.71. The Hall–Kier alpha value is -1.29. The van der Waals surface area contributed by atoms with Crippen molar-refractivity contribution in [3.63, 3.8) is 0 Å². The lowest BCUT2D eigenvalue weighted by atomic mass is 9.45. The monoisotopic (exact) mass is 326 g/mol. The van der Waals surface area contributed by atoms with Crippen LogP contribution in [0.5, 0.6) is 0 Å². The zero-order valence-electron chi connectivity index (χ0n) is 14.4. The quantitative estimate of drug-likeness (QED) is 0.753. The molecule has 0 aromatic heterocycles. The molecule has 24 heavy (non-hydrogen) atoms. The summed E-state index contributed by atoms with van der Waals surface area (Å²) in [5.74, 6) is 2.00. The summed E-state index contributed by atoms with van der Waals surface area (Å²) in [5.41, 5.74) is 0.0666. The van der Waals surface area contributed by atoms with Crippen LogP contribution in [-0.2, 0) is 4.79 Å². The number of fused-ring (bicyclic) bond motifs is 1. The van der Waals surface area contributed by atoms with Crippen molar-refractivity contribution >= 4 is 18.7 Å². The fourth-order valence-corrected chi connectivity index (χ4v) is 6.99. The number of aldehydes is 1. The molecule has 4 unspecified atom stereocenters. The number of hydrogen-bond acceptors (Lipinski definition) is 4. The Morgan fingerprint density at radius 2 is 2.04 bits per heavy atom. The van der Waals surface area contributed by atoms with Crippen molar-refractivity contribution in [1.29, 1.82) is 0 Å². The van der Waals surface area contributed by atoms with Crippen LogP contribution < -0.4 is 0 Å². The first-order valence-electron chi connectivity index (χ1n) is 9.49. The highest BCUT2D eigenvalue weighted by Gasteiger charge is 2.72. The van der Waals surface area contributed by atoms with Crippen molar-refractivity contribution in [3.8, 4) is 0 Å². The number of allylic oxidation sites excluding steroid dienone is 1. The molecule has 0 amide bonds. The molecular weight excluding hydrogens is 300 g/mol. The predicted molar refractivity (Wildman–Crippen MR) is 93.1 cm³/mol. The zero-order valence-corrected chi connectivity index (χ0v) is 14.4. The van der Waals surface area contributed by atoms with E-state index in [0.29, 0.717) is 17.8 Å². The lowest BCUT2D eigenvalue weighted by Gasteiger charge is -2.62. The van der Waals surface area contributed by atoms with E-state index in [2.05, 4.69) is 18.8 Å². The molecule has 3 heterocycles. The van der Waals surface area contributed by atoms with Crippen LogP contribution >= 0.6 is 0 Å². The number of nitrogens with zero attached hydrogens (tertiary/aromatic N) is 2. The van der Waals surface area contributed by atoms with Crippen LogP contribution in [0.2, 0.25) is 0 Å². The van der Waals surface area contributed by atoms with Crippen molar-refractivity contribution in [1.82, 2.24) is 0 Å². The van der Waals surface area contributed by atoms with Gasteiger partial charge in [-0.2, -0.15) is 0 Å². The average Bonchev–Trinajstić information content (AvgIpc) is 3.18. The largest absolute Gasteiger partial charge is 0.391 e. The number of hydrogen-bond donors (Lipinski definition) is 1. The van der Waals surface area contributed by atoms with Gasteiger partial charge in [0.15, 0.2) is 0 Å². The number of carbonyl (C=O) groups excluding carboxylic acids is 1. The van der Waals surface area contributed by atoms with E-state index in [1.165, 1.54) is 5.57 Å². The number of aliphatic hydroxyl groups is 1. The lowest BCUT2D eigenvalue weighted by molar-refractivity contribution is -0.149. The number of rotatable bonds is 1. The summed E-state index contributed by atoms with van der Waals surface area (Å²) in [6.07, 6.45) is 10.5. The third kappa shape index (κ3) is 1.44. The topological polar surface area (TPSA) is 62.0 Å². The third-order valence-corrected chi connectivity index (χ3v) is 8.17. The second-order valence-corrected chi connectivity index (χ2v) is 8.92. The molecule has 3 saturated carbocycles. The van der Waals surface area contributed by atoms with Gasteiger partial charge in [0.05, 0.1) is 23.0 Å². The van der Waals surface area contributed by atoms with Crippen LogP contribution in [0.1, 0.15) is 39.5 Å². The SMILES string of the molecule is C[C@@H]1CC[C@@H]2C1=CN=CC21C2N=CC(C=O)(C1O)[C@H]1CC[C@@H](C)[C@@H]21. The second kappa shape index (κ2) is 4.66. The highest BCUT2D eigenvalue weighted by Crippen LogP contribution is 2.66. The summed E-state index contributed by atoms with van der Waals surface area (Å²) >= 11 is 0. The third-order valence-electron chi connectivity index (χ3n) is 8.17. The minimum atomic E-state index is -0.815. The highest BCUT2D eigenvalue weighted by molar-refractivity contribution is 5.93. The maximum atomic E-state index is 12.3. The maximum absolute atomic E-state index is 12.3. The van der Waals surface area contributed by atoms with Crippen LogP contribution in [0.15, 0.2) is 21.8 Å². The first-order chi connectivity index (χ1) is 11.6. The standard InChI is InChI=1S/C20H26N2O2/c1-11-3-5-14-13(11)7-21-9-20(14)17-16-12(2)4-6-15(16)19(10-23,8-22-17)18(20)24/h7-12,14-18,24H,3-6H2,1-2H3/t11-,12-,14-,15+,16-,17?,18?,19?,20?/m1/s1. The van der Waals surface area contributed by atoms with Crippen molar-refractivity contribution in [3.05, 3.63) is 11.8 Å². The minimum absolute atomic E-state index is 0.0691. The van der Waals surface area contributed by atoms with Gasteiger partial charge in [-0.3, -0.25) is 9.98 Å². The molecule has 9 atom stereocenters. The molecule has 3 aliphatic heterocycles. The molecular formula is C20H26N2O2. The van der Waals surface area contributed by atoms with Gasteiger partial charge >= 0.3 is 0 Å². The fourth-order valence-electron chi connectivity index (χ4n) is 6.99. The molecule has 6 aliphatic rings. The smallest absolute Gasteiger partial charge is 0.134 e. The van der Waals surface area contributed by atoms with Gasteiger partial charge in [-0.1, -0.05) is 20.3 Å². The summed E-state index contributed by atoms with van der Waals surface area (Å²) < 4.78 is 0. The molecule has 3 fully saturated rings. The summed E-state index contributed by atoms with van der Waals surface area (Å²) in [5, 5.41) is 11.6. The van der Waals surface area contributed by atoms with E-state index in [4.69, 9.17) is 4.99 Å². The predicted octanol–water partition coefficient (Wildman–Crippen LogP) is 2.66. The molecule has 0 aromatic carbocycles. The number of aliphatic hydroxyl groups excluding tert-OH is 1. The summed E-state index contributed by atoms with van der Waals surface area (Å²) in [6, 6.07) is 0.0691. The summed E-state index contributed by atoms with van der Waals surface area (Å²) in [4.78, 5) is 21.8. The highest BCUT2D eigenvalue weighted by atomic mass is 16.3. The Morgan fingerprint density at radius 1 is 1.21 bits per heavy atom. The Labute approximate surface area is 143 Å². The van der Waals surface area contributed by atoms with Gasteiger partial charge in [0.1, 0.15) is 6.29 Å². The number of aliphatic imine (C=N–C) groups is 2. The van der Waals surface area contributed by atoms with E-state index in [9.17, 15) is 9.90 Å². The Morgan fingerprint density at radius 3 is 2.83 bits per heavy atom. The van der Waals surface area contributed by atoms with Crippen LogP contribution in [0.25, 0.3) is 0 Å². The summed E-state index contributed by atoms with van der Waals surface area (Å²) in [6.45, 7) is 4.56. The Kier molecular flexibility index (Phi) is 2.91. The van der Waals surface area contributed by atoms with E-state index < -0.39 is 16.9 Å². The van der Waals surface area contributed by atoms with Crippen LogP contribution in [0, 0.1) is 40.4 Å². The zero-order chi connectivity index (χ0) is 16.7. The Balaban J connectivity index is 1.71. The minimum Gasteiger partial charge on any atom is -0.391 e. The first-order valence-corrected chi connectivity index (χ1v) is 9.49. The molecule has 0 saturated heterocycles. The molecule has 0 aromatic rings. The van der Waals surface area contributed by atoms with Gasteiger partial charge in [-0.05, 0) is 54.4 Å². The molecule has 1 spiro atoms. The van der Waals surface area contributed by atoms with E-state index in [-0.39, 0.29) is 17.9 Å². The van der Waals surface area contributed by atoms with Gasteiger partial charge < -0.3 is 9.90 Å². The van der Waals surface area contributed by atoms with Crippen molar-refractivity contribution in [2.45, 2.75) is 51.7 Å². The van der Waals surface area contributed by atoms with Gasteiger partial charge in [0.25, 0.3) is 0 Å². The molecule has 0 radical (unpaired) electrons. The van der Waals surface area contributed by atoms with Gasteiger partial charge in [0, 0.05) is 18.6 Å².